The van der Waals surface area contributed by atoms with Crippen LogP contribution in [0.1, 0.15) is 11.1 Å². The Labute approximate surface area is 160 Å². The SMILES string of the molecule is O=C(Nc1cccc(I)c1)N(Cc1ccncc1)Cc1cccnc1. The van der Waals surface area contributed by atoms with Crippen LogP contribution < -0.4 is 5.32 Å². The lowest BCUT2D eigenvalue weighted by Crippen LogP contribution is -2.34. The molecule has 0 saturated carbocycles. The highest BCUT2D eigenvalue weighted by atomic mass is 127. The van der Waals surface area contributed by atoms with E-state index < -0.39 is 0 Å². The summed E-state index contributed by atoms with van der Waals surface area (Å²) in [5.74, 6) is 0. The molecule has 0 saturated heterocycles. The summed E-state index contributed by atoms with van der Waals surface area (Å²) in [4.78, 5) is 22.7. The second kappa shape index (κ2) is 8.57. The molecule has 1 N–H and O–H groups in total. The van der Waals surface area contributed by atoms with E-state index in [0.29, 0.717) is 13.1 Å². The average Bonchev–Trinajstić information content (AvgIpc) is 2.63. The van der Waals surface area contributed by atoms with Gasteiger partial charge in [-0.15, -0.1) is 0 Å². The highest BCUT2D eigenvalue weighted by molar-refractivity contribution is 14.1. The van der Waals surface area contributed by atoms with Gasteiger partial charge in [0, 0.05) is 47.1 Å². The number of hydrogen-bond acceptors (Lipinski definition) is 3. The summed E-state index contributed by atoms with van der Waals surface area (Å²) in [7, 11) is 0. The van der Waals surface area contributed by atoms with Gasteiger partial charge in [0.15, 0.2) is 0 Å². The van der Waals surface area contributed by atoms with Crippen LogP contribution in [0.3, 0.4) is 0 Å². The Bertz CT molecular complexity index is 786. The summed E-state index contributed by atoms with van der Waals surface area (Å²) in [5.41, 5.74) is 2.79. The van der Waals surface area contributed by atoms with Crippen LogP contribution in [0.2, 0.25) is 0 Å². The molecule has 0 atom stereocenters. The van der Waals surface area contributed by atoms with E-state index in [9.17, 15) is 4.79 Å². The minimum atomic E-state index is -0.150. The minimum Gasteiger partial charge on any atom is -0.316 e. The molecule has 1 aromatic carbocycles. The first-order valence-electron chi connectivity index (χ1n) is 7.80. The Morgan fingerprint density at radius 3 is 2.48 bits per heavy atom. The number of halogens is 1. The normalized spacial score (nSPS) is 10.3. The van der Waals surface area contributed by atoms with Gasteiger partial charge in [-0.25, -0.2) is 4.79 Å². The highest BCUT2D eigenvalue weighted by Crippen LogP contribution is 2.15. The number of benzene rings is 1. The number of urea groups is 1. The standard InChI is InChI=1S/C19H17IN4O/c20-17-4-1-5-18(11-17)23-19(25)24(13-15-6-9-21-10-7-15)14-16-3-2-8-22-12-16/h1-12H,13-14H2,(H,23,25). The van der Waals surface area contributed by atoms with Gasteiger partial charge in [-0.2, -0.15) is 0 Å². The zero-order valence-electron chi connectivity index (χ0n) is 13.5. The van der Waals surface area contributed by atoms with Crippen LogP contribution in [0.15, 0.2) is 73.3 Å². The molecule has 0 radical (unpaired) electrons. The lowest BCUT2D eigenvalue weighted by Gasteiger charge is -2.23. The van der Waals surface area contributed by atoms with Gasteiger partial charge in [0.05, 0.1) is 0 Å². The molecule has 0 unspecified atom stereocenters. The van der Waals surface area contributed by atoms with Gasteiger partial charge >= 0.3 is 6.03 Å². The van der Waals surface area contributed by atoms with Gasteiger partial charge in [-0.3, -0.25) is 9.97 Å². The van der Waals surface area contributed by atoms with Crippen LogP contribution in [0.5, 0.6) is 0 Å². The Morgan fingerprint density at radius 1 is 0.960 bits per heavy atom. The third-order valence-electron chi connectivity index (χ3n) is 3.58. The summed E-state index contributed by atoms with van der Waals surface area (Å²) >= 11 is 2.23. The molecule has 2 amide bonds. The van der Waals surface area contributed by atoms with Gasteiger partial charge in [0.1, 0.15) is 0 Å². The van der Waals surface area contributed by atoms with Gasteiger partial charge in [0.25, 0.3) is 0 Å². The van der Waals surface area contributed by atoms with E-state index in [2.05, 4.69) is 37.9 Å². The van der Waals surface area contributed by atoms with E-state index in [1.807, 2.05) is 48.5 Å². The maximum absolute atomic E-state index is 12.8. The Kier molecular flexibility index (Phi) is 5.95. The van der Waals surface area contributed by atoms with Crippen LogP contribution in [-0.4, -0.2) is 20.9 Å². The summed E-state index contributed by atoms with van der Waals surface area (Å²) < 4.78 is 1.07. The molecular formula is C19H17IN4O. The van der Waals surface area contributed by atoms with Crippen LogP contribution >= 0.6 is 22.6 Å². The van der Waals surface area contributed by atoms with E-state index >= 15 is 0 Å². The summed E-state index contributed by atoms with van der Waals surface area (Å²) in [6.45, 7) is 0.971. The van der Waals surface area contributed by atoms with Crippen molar-refractivity contribution >= 4 is 34.3 Å². The number of nitrogens with one attached hydrogen (secondary N) is 1. The molecule has 0 aliphatic carbocycles. The lowest BCUT2D eigenvalue weighted by atomic mass is 10.2. The zero-order chi connectivity index (χ0) is 17.5. The number of pyridine rings is 2. The number of hydrogen-bond donors (Lipinski definition) is 1. The summed E-state index contributed by atoms with van der Waals surface area (Å²) in [6.07, 6.45) is 6.96. The number of nitrogens with zero attached hydrogens (tertiary/aromatic N) is 3. The van der Waals surface area contributed by atoms with E-state index in [1.165, 1.54) is 0 Å². The number of carbonyl (C=O) groups excluding carboxylic acids is 1. The second-order valence-electron chi connectivity index (χ2n) is 5.51. The third-order valence-corrected chi connectivity index (χ3v) is 4.25. The van der Waals surface area contributed by atoms with Crippen LogP contribution in [0, 0.1) is 3.57 Å². The summed E-state index contributed by atoms with van der Waals surface area (Å²) in [6, 6.07) is 15.2. The van der Waals surface area contributed by atoms with Crippen molar-refractivity contribution in [2.75, 3.05) is 5.32 Å². The van der Waals surface area contributed by atoms with Crippen molar-refractivity contribution in [1.82, 2.24) is 14.9 Å². The predicted octanol–water partition coefficient (Wildman–Crippen LogP) is 4.32. The Hall–Kier alpha value is -2.48. The smallest absolute Gasteiger partial charge is 0.316 e. The number of rotatable bonds is 5. The maximum atomic E-state index is 12.8. The van der Waals surface area contributed by atoms with Crippen molar-refractivity contribution in [3.63, 3.8) is 0 Å². The molecule has 2 aromatic heterocycles. The minimum absolute atomic E-state index is 0.150. The molecular weight excluding hydrogens is 427 g/mol. The highest BCUT2D eigenvalue weighted by Gasteiger charge is 2.15. The third kappa shape index (κ3) is 5.25. The lowest BCUT2D eigenvalue weighted by molar-refractivity contribution is 0.206. The average molecular weight is 444 g/mol. The second-order valence-corrected chi connectivity index (χ2v) is 6.76. The van der Waals surface area contributed by atoms with Crippen molar-refractivity contribution in [3.8, 4) is 0 Å². The van der Waals surface area contributed by atoms with Gasteiger partial charge < -0.3 is 10.2 Å². The van der Waals surface area contributed by atoms with E-state index in [1.54, 1.807) is 29.7 Å². The fourth-order valence-corrected chi connectivity index (χ4v) is 2.93. The Morgan fingerprint density at radius 2 is 1.76 bits per heavy atom. The summed E-state index contributed by atoms with van der Waals surface area (Å²) in [5, 5.41) is 2.97. The van der Waals surface area contributed by atoms with Crippen molar-refractivity contribution in [2.24, 2.45) is 0 Å². The van der Waals surface area contributed by atoms with E-state index in [0.717, 1.165) is 20.4 Å². The number of anilines is 1. The molecule has 0 bridgehead atoms. The van der Waals surface area contributed by atoms with Crippen molar-refractivity contribution in [1.29, 1.82) is 0 Å². The van der Waals surface area contributed by atoms with Crippen LogP contribution in [-0.2, 0) is 13.1 Å². The molecule has 25 heavy (non-hydrogen) atoms. The molecule has 3 rings (SSSR count). The first kappa shape index (κ1) is 17.3. The molecule has 0 spiro atoms. The molecule has 126 valence electrons. The number of aromatic nitrogens is 2. The van der Waals surface area contributed by atoms with Crippen LogP contribution in [0.4, 0.5) is 10.5 Å². The van der Waals surface area contributed by atoms with E-state index in [4.69, 9.17) is 0 Å². The molecule has 5 nitrogen and oxygen atoms in total. The quantitative estimate of drug-likeness (QED) is 0.597. The fraction of sp³-hybridized carbons (Fsp3) is 0.105. The maximum Gasteiger partial charge on any atom is 0.322 e. The zero-order valence-corrected chi connectivity index (χ0v) is 15.6. The molecule has 2 heterocycles. The first-order chi connectivity index (χ1) is 12.2. The predicted molar refractivity (Wildman–Crippen MR) is 106 cm³/mol. The monoisotopic (exact) mass is 444 g/mol. The fourth-order valence-electron chi connectivity index (χ4n) is 2.39. The molecule has 0 aliphatic heterocycles. The number of amides is 2. The molecule has 0 fully saturated rings. The van der Waals surface area contributed by atoms with Crippen molar-refractivity contribution in [2.45, 2.75) is 13.1 Å². The van der Waals surface area contributed by atoms with E-state index in [-0.39, 0.29) is 6.03 Å². The topological polar surface area (TPSA) is 58.1 Å². The number of carbonyl (C=O) groups is 1. The first-order valence-corrected chi connectivity index (χ1v) is 8.88. The van der Waals surface area contributed by atoms with Crippen LogP contribution in [0.25, 0.3) is 0 Å². The Balaban J connectivity index is 1.78. The van der Waals surface area contributed by atoms with Gasteiger partial charge in [0.2, 0.25) is 0 Å². The molecule has 0 aliphatic rings. The van der Waals surface area contributed by atoms with Crippen molar-refractivity contribution < 1.29 is 4.79 Å². The van der Waals surface area contributed by atoms with Gasteiger partial charge in [-0.05, 0) is 70.1 Å². The largest absolute Gasteiger partial charge is 0.322 e. The van der Waals surface area contributed by atoms with Crippen molar-refractivity contribution in [3.05, 3.63) is 88.0 Å². The molecule has 3 aromatic rings. The van der Waals surface area contributed by atoms with Gasteiger partial charge in [-0.1, -0.05) is 12.1 Å². The molecule has 6 heteroatoms.